The van der Waals surface area contributed by atoms with E-state index in [1.54, 1.807) is 74.9 Å². The van der Waals surface area contributed by atoms with Gasteiger partial charge in [0.2, 0.25) is 0 Å². The number of carbonyl (C=O) groups excluding carboxylic acids is 1. The third kappa shape index (κ3) is 5.64. The van der Waals surface area contributed by atoms with Crippen molar-refractivity contribution >= 4 is 46.4 Å². The predicted octanol–water partition coefficient (Wildman–Crippen LogP) is 4.30. The molecule has 0 saturated carbocycles. The highest BCUT2D eigenvalue weighted by molar-refractivity contribution is 7.99. The van der Waals surface area contributed by atoms with E-state index in [4.69, 9.17) is 21.1 Å². The number of methoxy groups -OCH3 is 2. The molecule has 0 aliphatic heterocycles. The van der Waals surface area contributed by atoms with Crippen molar-refractivity contribution in [3.8, 4) is 17.2 Å². The minimum absolute atomic E-state index is 0.00163. The molecule has 0 spiro atoms. The summed E-state index contributed by atoms with van der Waals surface area (Å²) in [5, 5.41) is 5.42. The van der Waals surface area contributed by atoms with Crippen LogP contribution in [0.15, 0.2) is 81.8 Å². The summed E-state index contributed by atoms with van der Waals surface area (Å²) >= 11 is 7.15. The number of benzene rings is 3. The maximum Gasteiger partial charge on any atom is 0.266 e. The standard InChI is InChI=1S/C25H21ClN4O4S/c1-33-21-12-7-16(13-22(21)34-2)14-27-29-23(31)15-35-25-28-20-6-4-3-5-19(20)24(32)30(25)18-10-8-17(26)9-11-18/h3-14H,15H2,1-2H3,(H,29,31). The van der Waals surface area contributed by atoms with Crippen molar-refractivity contribution in [2.24, 2.45) is 5.10 Å². The number of hydrogen-bond acceptors (Lipinski definition) is 7. The van der Waals surface area contributed by atoms with Gasteiger partial charge in [-0.3, -0.25) is 14.2 Å². The molecule has 10 heteroatoms. The van der Waals surface area contributed by atoms with E-state index in [1.807, 2.05) is 6.07 Å². The Hall–Kier alpha value is -3.82. The lowest BCUT2D eigenvalue weighted by Gasteiger charge is -2.13. The van der Waals surface area contributed by atoms with Crippen LogP contribution in [0.5, 0.6) is 11.5 Å². The van der Waals surface area contributed by atoms with Crippen LogP contribution in [0.3, 0.4) is 0 Å². The SMILES string of the molecule is COc1ccc(C=NNC(=O)CSc2nc3ccccc3c(=O)n2-c2ccc(Cl)cc2)cc1OC. The summed E-state index contributed by atoms with van der Waals surface area (Å²) < 4.78 is 12.0. The van der Waals surface area contributed by atoms with E-state index in [9.17, 15) is 9.59 Å². The molecule has 35 heavy (non-hydrogen) atoms. The topological polar surface area (TPSA) is 94.8 Å². The van der Waals surface area contributed by atoms with Crippen LogP contribution in [0.4, 0.5) is 0 Å². The first-order valence-electron chi connectivity index (χ1n) is 10.4. The molecule has 3 aromatic carbocycles. The molecule has 1 aromatic heterocycles. The van der Waals surface area contributed by atoms with Gasteiger partial charge in [0.15, 0.2) is 16.7 Å². The normalized spacial score (nSPS) is 11.1. The molecule has 1 N–H and O–H groups in total. The van der Waals surface area contributed by atoms with E-state index in [0.29, 0.717) is 38.3 Å². The van der Waals surface area contributed by atoms with Crippen LogP contribution >= 0.6 is 23.4 Å². The van der Waals surface area contributed by atoms with Crippen molar-refractivity contribution in [1.29, 1.82) is 0 Å². The van der Waals surface area contributed by atoms with Gasteiger partial charge in [0.25, 0.3) is 11.5 Å². The van der Waals surface area contributed by atoms with Gasteiger partial charge in [0.05, 0.1) is 42.8 Å². The van der Waals surface area contributed by atoms with Crippen LogP contribution in [0, 0.1) is 0 Å². The van der Waals surface area contributed by atoms with Gasteiger partial charge in [-0.2, -0.15) is 5.10 Å². The van der Waals surface area contributed by atoms with Crippen LogP contribution in [-0.4, -0.2) is 41.6 Å². The summed E-state index contributed by atoms with van der Waals surface area (Å²) in [5.74, 6) is 0.805. The Morgan fingerprint density at radius 2 is 1.83 bits per heavy atom. The van der Waals surface area contributed by atoms with Crippen molar-refractivity contribution in [2.45, 2.75) is 5.16 Å². The highest BCUT2D eigenvalue weighted by Crippen LogP contribution is 2.27. The lowest BCUT2D eigenvalue weighted by Crippen LogP contribution is -2.24. The van der Waals surface area contributed by atoms with E-state index < -0.39 is 0 Å². The van der Waals surface area contributed by atoms with Crippen LogP contribution in [0.2, 0.25) is 5.02 Å². The first-order chi connectivity index (χ1) is 17.0. The summed E-state index contributed by atoms with van der Waals surface area (Å²) in [7, 11) is 3.10. The smallest absolute Gasteiger partial charge is 0.266 e. The highest BCUT2D eigenvalue weighted by Gasteiger charge is 2.15. The number of aromatic nitrogens is 2. The molecule has 0 saturated heterocycles. The molecule has 8 nitrogen and oxygen atoms in total. The lowest BCUT2D eigenvalue weighted by atomic mass is 10.2. The molecule has 0 unspecified atom stereocenters. The van der Waals surface area contributed by atoms with Crippen LogP contribution < -0.4 is 20.5 Å². The monoisotopic (exact) mass is 508 g/mol. The quantitative estimate of drug-likeness (QED) is 0.165. The van der Waals surface area contributed by atoms with Crippen molar-refractivity contribution < 1.29 is 14.3 Å². The van der Waals surface area contributed by atoms with Crippen LogP contribution in [0.1, 0.15) is 5.56 Å². The van der Waals surface area contributed by atoms with E-state index >= 15 is 0 Å². The Morgan fingerprint density at radius 1 is 1.09 bits per heavy atom. The number of ether oxygens (including phenoxy) is 2. The molecule has 1 heterocycles. The number of hydrogen-bond donors (Lipinski definition) is 1. The number of halogens is 1. The molecule has 0 aliphatic carbocycles. The van der Waals surface area contributed by atoms with Crippen molar-refractivity contribution in [1.82, 2.24) is 15.0 Å². The number of para-hydroxylation sites is 1. The molecular weight excluding hydrogens is 488 g/mol. The minimum atomic E-state index is -0.350. The van der Waals surface area contributed by atoms with Crippen molar-refractivity contribution in [3.05, 3.63) is 87.7 Å². The average Bonchev–Trinajstić information content (AvgIpc) is 2.88. The Morgan fingerprint density at radius 3 is 2.57 bits per heavy atom. The third-order valence-corrected chi connectivity index (χ3v) is 6.16. The molecular formula is C25H21ClN4O4S. The summed E-state index contributed by atoms with van der Waals surface area (Å²) in [4.78, 5) is 30.3. The van der Waals surface area contributed by atoms with Gasteiger partial charge >= 0.3 is 0 Å². The second-order valence-corrected chi connectivity index (χ2v) is 8.60. The predicted molar refractivity (Wildman–Crippen MR) is 138 cm³/mol. The van der Waals surface area contributed by atoms with E-state index in [-0.39, 0.29) is 17.2 Å². The Kier molecular flexibility index (Phi) is 7.69. The average molecular weight is 509 g/mol. The Labute approximate surface area is 210 Å². The number of hydrazone groups is 1. The van der Waals surface area contributed by atoms with E-state index in [2.05, 4.69) is 15.5 Å². The largest absolute Gasteiger partial charge is 0.493 e. The maximum atomic E-state index is 13.2. The molecule has 0 atom stereocenters. The molecule has 178 valence electrons. The molecule has 0 aliphatic rings. The van der Waals surface area contributed by atoms with Crippen molar-refractivity contribution in [2.75, 3.05) is 20.0 Å². The number of nitrogens with one attached hydrogen (secondary N) is 1. The number of amides is 1. The number of thioether (sulfide) groups is 1. The van der Waals surface area contributed by atoms with Gasteiger partial charge in [-0.05, 0) is 60.2 Å². The van der Waals surface area contributed by atoms with Crippen molar-refractivity contribution in [3.63, 3.8) is 0 Å². The van der Waals surface area contributed by atoms with Gasteiger partial charge in [0, 0.05) is 5.02 Å². The third-order valence-electron chi connectivity index (χ3n) is 4.97. The molecule has 0 radical (unpaired) electrons. The van der Waals surface area contributed by atoms with Gasteiger partial charge < -0.3 is 9.47 Å². The van der Waals surface area contributed by atoms with Gasteiger partial charge in [-0.1, -0.05) is 35.5 Å². The number of carbonyl (C=O) groups is 1. The van der Waals surface area contributed by atoms with E-state index in [1.165, 1.54) is 10.8 Å². The van der Waals surface area contributed by atoms with Crippen LogP contribution in [-0.2, 0) is 4.79 Å². The Balaban J connectivity index is 1.52. The molecule has 4 aromatic rings. The second-order valence-electron chi connectivity index (χ2n) is 7.22. The fourth-order valence-electron chi connectivity index (χ4n) is 3.30. The van der Waals surface area contributed by atoms with Gasteiger partial charge in [-0.15, -0.1) is 0 Å². The zero-order chi connectivity index (χ0) is 24.8. The lowest BCUT2D eigenvalue weighted by molar-refractivity contribution is -0.118. The second kappa shape index (κ2) is 11.1. The van der Waals surface area contributed by atoms with Gasteiger partial charge in [-0.25, -0.2) is 10.4 Å². The molecule has 0 fully saturated rings. The van der Waals surface area contributed by atoms with Crippen LogP contribution in [0.25, 0.3) is 16.6 Å². The zero-order valence-corrected chi connectivity index (χ0v) is 20.5. The molecule has 0 bridgehead atoms. The molecule has 1 amide bonds. The fourth-order valence-corrected chi connectivity index (χ4v) is 4.23. The summed E-state index contributed by atoms with van der Waals surface area (Å²) in [5.41, 5.74) is 4.14. The summed E-state index contributed by atoms with van der Waals surface area (Å²) in [6.45, 7) is 0. The first kappa shape index (κ1) is 24.3. The van der Waals surface area contributed by atoms with E-state index in [0.717, 1.165) is 17.3 Å². The number of nitrogens with zero attached hydrogens (tertiary/aromatic N) is 3. The minimum Gasteiger partial charge on any atom is -0.493 e. The Bertz CT molecular complexity index is 1450. The first-order valence-corrected chi connectivity index (χ1v) is 11.8. The zero-order valence-electron chi connectivity index (χ0n) is 18.9. The fraction of sp³-hybridized carbons (Fsp3) is 0.120. The van der Waals surface area contributed by atoms with Gasteiger partial charge in [0.1, 0.15) is 0 Å². The molecule has 4 rings (SSSR count). The highest BCUT2D eigenvalue weighted by atomic mass is 35.5. The summed E-state index contributed by atoms with van der Waals surface area (Å²) in [6.07, 6.45) is 1.50. The maximum absolute atomic E-state index is 13.2. The summed E-state index contributed by atoms with van der Waals surface area (Å²) in [6, 6.07) is 19.2. The number of fused-ring (bicyclic) bond motifs is 1. The number of rotatable bonds is 8.